The van der Waals surface area contributed by atoms with E-state index < -0.39 is 60.3 Å². The van der Waals surface area contributed by atoms with Gasteiger partial charge in [-0.3, -0.25) is 29.0 Å². The molecule has 16 nitrogen and oxygen atoms in total. The Morgan fingerprint density at radius 3 is 1.34 bits per heavy atom. The molecule has 0 radical (unpaired) electrons. The molecule has 6 fully saturated rings. The predicted molar refractivity (Wildman–Crippen MR) is 160 cm³/mol. The fourth-order valence-corrected chi connectivity index (χ4v) is 10.1. The van der Waals surface area contributed by atoms with Gasteiger partial charge in [0.05, 0.1) is 59.1 Å². The molecule has 12 atom stereocenters. The third-order valence-corrected chi connectivity index (χ3v) is 12.1. The summed E-state index contributed by atoms with van der Waals surface area (Å²) in [6.45, 7) is 0.0555. The normalized spacial score (nSPS) is 39.9. The summed E-state index contributed by atoms with van der Waals surface area (Å²) in [5.41, 5.74) is 2.80. The maximum Gasteiger partial charge on any atom is 0.236 e. The lowest BCUT2D eigenvalue weighted by Gasteiger charge is -2.26. The van der Waals surface area contributed by atoms with Crippen LogP contribution >= 0.6 is 0 Å². The molecule has 0 aliphatic carbocycles. The Morgan fingerprint density at radius 2 is 0.900 bits per heavy atom. The van der Waals surface area contributed by atoms with Crippen molar-refractivity contribution in [2.45, 2.75) is 36.6 Å². The standard InChI is InChI=1S/C34H26N4O12/c39-31-17-19(27-29-21(25(17)47-27)23(35-49-29)11-1-3-13-15(7-11)45-9-43-13)33(41)37(31)5-6-38-32(40)18-20(34(38)42)28-30-22(26(18)48-28)24(36-50-30)12-2-4-14-16(8-12)46-10-44-14/h1-4,7-8,17-22,25-30H,5-6,9-10H2/t17-,18-,19+,20+,21-,22-,25-,26-,27+,28+,29-,30-/m1/s1. The van der Waals surface area contributed by atoms with Crippen LogP contribution in [-0.2, 0) is 38.3 Å². The zero-order valence-electron chi connectivity index (χ0n) is 25.9. The van der Waals surface area contributed by atoms with Crippen molar-refractivity contribution in [3.8, 4) is 23.0 Å². The Hall–Kier alpha value is -5.22. The van der Waals surface area contributed by atoms with Crippen LogP contribution in [0.2, 0.25) is 0 Å². The van der Waals surface area contributed by atoms with Crippen molar-refractivity contribution < 1.29 is 57.3 Å². The van der Waals surface area contributed by atoms with E-state index in [1.807, 2.05) is 24.3 Å². The molecule has 10 heterocycles. The quantitative estimate of drug-likeness (QED) is 0.389. The zero-order chi connectivity index (χ0) is 33.2. The summed E-state index contributed by atoms with van der Waals surface area (Å²) in [7, 11) is 0. The van der Waals surface area contributed by atoms with Crippen LogP contribution in [0, 0.1) is 35.5 Å². The minimum absolute atomic E-state index is 0.107. The van der Waals surface area contributed by atoms with Gasteiger partial charge in [0.2, 0.25) is 37.2 Å². The van der Waals surface area contributed by atoms with Gasteiger partial charge in [-0.25, -0.2) is 0 Å². The SMILES string of the molecule is O=C1[C@@H]2[C@@H]3O[C@@H]([C@H]4C(c5ccc6c(c5)OCO6)=NO[C@@H]34)[C@@H]2C(=O)N1CCN1C(=O)[C@@H]2[C@@H]3O[C@@H]([C@H]4C(c5ccc6c(c5)OCO6)=NO[C@@H]34)[C@@H]2C1=O. The molecule has 4 bridgehead atoms. The van der Waals surface area contributed by atoms with E-state index in [-0.39, 0.29) is 62.1 Å². The third kappa shape index (κ3) is 3.24. The van der Waals surface area contributed by atoms with Gasteiger partial charge in [-0.05, 0) is 36.4 Å². The maximum absolute atomic E-state index is 13.9. The van der Waals surface area contributed by atoms with Gasteiger partial charge in [-0.1, -0.05) is 10.3 Å². The molecule has 2 aromatic rings. The Morgan fingerprint density at radius 1 is 0.500 bits per heavy atom. The fraction of sp³-hybridized carbons (Fsp3) is 0.471. The topological polar surface area (TPSA) is 173 Å². The molecule has 10 aliphatic heterocycles. The molecule has 0 N–H and O–H groups in total. The predicted octanol–water partition coefficient (Wildman–Crippen LogP) is 0.0468. The highest BCUT2D eigenvalue weighted by atomic mass is 16.7. The highest BCUT2D eigenvalue weighted by Gasteiger charge is 2.74. The van der Waals surface area contributed by atoms with Crippen molar-refractivity contribution in [2.75, 3.05) is 26.7 Å². The van der Waals surface area contributed by atoms with E-state index in [1.54, 1.807) is 12.1 Å². The molecule has 0 unspecified atom stereocenters. The first kappa shape index (κ1) is 27.6. The summed E-state index contributed by atoms with van der Waals surface area (Å²) in [6.07, 6.45) is -3.52. The molecule has 0 saturated carbocycles. The van der Waals surface area contributed by atoms with E-state index >= 15 is 0 Å². The smallest absolute Gasteiger partial charge is 0.236 e. The van der Waals surface area contributed by atoms with Gasteiger partial charge in [0.25, 0.3) is 0 Å². The minimum atomic E-state index is -0.723. The van der Waals surface area contributed by atoms with Crippen LogP contribution < -0.4 is 18.9 Å². The Kier molecular flexibility index (Phi) is 5.14. The van der Waals surface area contributed by atoms with Crippen LogP contribution in [0.5, 0.6) is 23.0 Å². The number of nitrogens with zero attached hydrogens (tertiary/aromatic N) is 4. The number of carbonyl (C=O) groups excluding carboxylic acids is 4. The van der Waals surface area contributed by atoms with Crippen molar-refractivity contribution in [3.63, 3.8) is 0 Å². The van der Waals surface area contributed by atoms with Crippen molar-refractivity contribution in [2.24, 2.45) is 45.8 Å². The van der Waals surface area contributed by atoms with Gasteiger partial charge < -0.3 is 38.1 Å². The molecular formula is C34H26N4O12. The lowest BCUT2D eigenvalue weighted by molar-refractivity contribution is -0.148. The molecule has 50 heavy (non-hydrogen) atoms. The number of hydrogen-bond acceptors (Lipinski definition) is 14. The first-order valence-corrected chi connectivity index (χ1v) is 16.7. The summed E-state index contributed by atoms with van der Waals surface area (Å²) >= 11 is 0. The van der Waals surface area contributed by atoms with E-state index in [9.17, 15) is 19.2 Å². The van der Waals surface area contributed by atoms with Crippen LogP contribution in [0.3, 0.4) is 0 Å². The average Bonchev–Trinajstić information content (AvgIpc) is 3.97. The number of hydrogen-bond donors (Lipinski definition) is 0. The number of ether oxygens (including phenoxy) is 6. The second kappa shape index (κ2) is 9.31. The lowest BCUT2D eigenvalue weighted by Crippen LogP contribution is -2.45. The molecule has 2 aromatic carbocycles. The van der Waals surface area contributed by atoms with Crippen molar-refractivity contribution >= 4 is 35.1 Å². The summed E-state index contributed by atoms with van der Waals surface area (Å²) in [5.74, 6) is -2.63. The number of oxime groups is 2. The molecule has 0 spiro atoms. The number of amides is 4. The highest BCUT2D eigenvalue weighted by Crippen LogP contribution is 2.57. The van der Waals surface area contributed by atoms with Crippen LogP contribution in [0.4, 0.5) is 0 Å². The third-order valence-electron chi connectivity index (χ3n) is 12.1. The van der Waals surface area contributed by atoms with Gasteiger partial charge in [0.15, 0.2) is 35.2 Å². The summed E-state index contributed by atoms with van der Waals surface area (Å²) < 4.78 is 34.4. The van der Waals surface area contributed by atoms with E-state index in [0.717, 1.165) is 11.1 Å². The Labute approximate surface area is 281 Å². The maximum atomic E-state index is 13.9. The Bertz CT molecular complexity index is 1910. The van der Waals surface area contributed by atoms with Gasteiger partial charge >= 0.3 is 0 Å². The second-order valence-electron chi connectivity index (χ2n) is 14.2. The minimum Gasteiger partial charge on any atom is -0.454 e. The number of benzene rings is 2. The highest BCUT2D eigenvalue weighted by molar-refractivity contribution is 6.11. The van der Waals surface area contributed by atoms with Crippen molar-refractivity contribution in [3.05, 3.63) is 47.5 Å². The molecule has 10 aliphatic rings. The Balaban J connectivity index is 0.759. The monoisotopic (exact) mass is 682 g/mol. The zero-order valence-corrected chi connectivity index (χ0v) is 25.9. The van der Waals surface area contributed by atoms with Crippen LogP contribution in [0.1, 0.15) is 11.1 Å². The van der Waals surface area contributed by atoms with Gasteiger partial charge in [-0.15, -0.1) is 0 Å². The van der Waals surface area contributed by atoms with Crippen molar-refractivity contribution in [1.82, 2.24) is 9.80 Å². The number of carbonyl (C=O) groups is 4. The van der Waals surface area contributed by atoms with Crippen LogP contribution in [0.25, 0.3) is 0 Å². The molecule has 254 valence electrons. The molecule has 4 amide bonds. The summed E-state index contributed by atoms with van der Waals surface area (Å²) in [6, 6.07) is 11.0. The first-order valence-electron chi connectivity index (χ1n) is 16.7. The van der Waals surface area contributed by atoms with Crippen LogP contribution in [-0.4, -0.2) is 108 Å². The van der Waals surface area contributed by atoms with E-state index in [1.165, 1.54) is 9.80 Å². The van der Waals surface area contributed by atoms with Gasteiger partial charge in [0, 0.05) is 24.2 Å². The van der Waals surface area contributed by atoms with E-state index in [2.05, 4.69) is 10.3 Å². The van der Waals surface area contributed by atoms with E-state index in [0.29, 0.717) is 34.4 Å². The summed E-state index contributed by atoms with van der Waals surface area (Å²) in [5, 5.41) is 8.69. The van der Waals surface area contributed by atoms with Crippen LogP contribution in [0.15, 0.2) is 46.7 Å². The molecular weight excluding hydrogens is 656 g/mol. The van der Waals surface area contributed by atoms with Crippen molar-refractivity contribution in [1.29, 1.82) is 0 Å². The molecule has 12 rings (SSSR count). The van der Waals surface area contributed by atoms with Gasteiger partial charge in [-0.2, -0.15) is 0 Å². The number of fused-ring (bicyclic) bond motifs is 18. The summed E-state index contributed by atoms with van der Waals surface area (Å²) in [4.78, 5) is 69.3. The fourth-order valence-electron chi connectivity index (χ4n) is 10.1. The lowest BCUT2D eigenvalue weighted by atomic mass is 9.71. The molecule has 0 aromatic heterocycles. The number of rotatable bonds is 5. The van der Waals surface area contributed by atoms with E-state index in [4.69, 9.17) is 38.1 Å². The molecule has 16 heteroatoms. The average molecular weight is 683 g/mol. The molecule has 6 saturated heterocycles. The number of likely N-dealkylation sites (tertiary alicyclic amines) is 2. The van der Waals surface area contributed by atoms with Gasteiger partial charge in [0.1, 0.15) is 12.2 Å². The number of imide groups is 2. The first-order chi connectivity index (χ1) is 24.5. The largest absolute Gasteiger partial charge is 0.454 e. The second-order valence-corrected chi connectivity index (χ2v) is 14.2.